The second-order valence-electron chi connectivity index (χ2n) is 4.64. The monoisotopic (exact) mass is 286 g/mol. The highest BCUT2D eigenvalue weighted by atomic mass is 16.5. The molecule has 0 saturated carbocycles. The molecule has 21 heavy (non-hydrogen) atoms. The summed E-state index contributed by atoms with van der Waals surface area (Å²) in [6.07, 6.45) is 0. The van der Waals surface area contributed by atoms with E-state index in [0.29, 0.717) is 5.92 Å². The molecule has 0 heterocycles. The van der Waals surface area contributed by atoms with Crippen molar-refractivity contribution in [3.8, 4) is 11.5 Å². The first-order valence-corrected chi connectivity index (χ1v) is 7.99. The van der Waals surface area contributed by atoms with Crippen LogP contribution in [0.3, 0.4) is 0 Å². The summed E-state index contributed by atoms with van der Waals surface area (Å²) in [4.78, 5) is 0. The molecule has 0 aromatic heterocycles. The molecule has 0 bridgehead atoms. The van der Waals surface area contributed by atoms with Crippen LogP contribution in [0.15, 0.2) is 48.5 Å². The lowest BCUT2D eigenvalue weighted by Crippen LogP contribution is -1.88. The van der Waals surface area contributed by atoms with E-state index in [0.717, 1.165) is 11.5 Å². The lowest BCUT2D eigenvalue weighted by molar-refractivity contribution is 0.482. The molecule has 0 N–H and O–H groups in total. The van der Waals surface area contributed by atoms with E-state index in [2.05, 4.69) is 39.0 Å². The average molecular weight is 286 g/mol. The van der Waals surface area contributed by atoms with E-state index in [1.165, 1.54) is 11.1 Å². The van der Waals surface area contributed by atoms with E-state index in [1.54, 1.807) is 0 Å². The highest BCUT2D eigenvalue weighted by Gasteiger charge is 2.00. The molecular formula is C20H30O. The zero-order chi connectivity index (χ0) is 16.3. The molecule has 2 aromatic carbocycles. The molecule has 0 aliphatic carbocycles. The summed E-state index contributed by atoms with van der Waals surface area (Å²) in [5.41, 5.74) is 2.54. The summed E-state index contributed by atoms with van der Waals surface area (Å²) in [6, 6.07) is 16.4. The SMILES string of the molecule is CC.CC.Cc1cccc(Oc2ccc(C(C)C)cc2)c1. The summed E-state index contributed by atoms with van der Waals surface area (Å²) < 4.78 is 5.79. The van der Waals surface area contributed by atoms with Crippen molar-refractivity contribution in [2.24, 2.45) is 0 Å². The van der Waals surface area contributed by atoms with E-state index >= 15 is 0 Å². The predicted octanol–water partition coefficient (Wildman–Crippen LogP) is 6.96. The zero-order valence-electron chi connectivity index (χ0n) is 14.6. The summed E-state index contributed by atoms with van der Waals surface area (Å²) in [5, 5.41) is 0. The van der Waals surface area contributed by atoms with E-state index < -0.39 is 0 Å². The molecule has 1 nitrogen and oxygen atoms in total. The Bertz CT molecular complexity index is 483. The molecule has 2 rings (SSSR count). The number of benzene rings is 2. The van der Waals surface area contributed by atoms with Crippen LogP contribution in [-0.2, 0) is 0 Å². The van der Waals surface area contributed by atoms with Gasteiger partial charge in [-0.15, -0.1) is 0 Å². The maximum absolute atomic E-state index is 5.79. The van der Waals surface area contributed by atoms with Gasteiger partial charge in [-0.1, -0.05) is 65.8 Å². The second-order valence-corrected chi connectivity index (χ2v) is 4.64. The van der Waals surface area contributed by atoms with E-state index in [4.69, 9.17) is 4.74 Å². The Morgan fingerprint density at radius 3 is 1.81 bits per heavy atom. The van der Waals surface area contributed by atoms with Crippen LogP contribution in [0.5, 0.6) is 11.5 Å². The van der Waals surface area contributed by atoms with Gasteiger partial charge in [0.15, 0.2) is 0 Å². The number of ether oxygens (including phenoxy) is 1. The van der Waals surface area contributed by atoms with Crippen molar-refractivity contribution < 1.29 is 4.74 Å². The van der Waals surface area contributed by atoms with Crippen molar-refractivity contribution in [3.63, 3.8) is 0 Å². The highest BCUT2D eigenvalue weighted by molar-refractivity contribution is 5.35. The first-order valence-electron chi connectivity index (χ1n) is 7.99. The van der Waals surface area contributed by atoms with Crippen molar-refractivity contribution in [2.45, 2.75) is 54.4 Å². The van der Waals surface area contributed by atoms with E-state index in [1.807, 2.05) is 58.0 Å². The number of aryl methyl sites for hydroxylation is 1. The number of rotatable bonds is 3. The van der Waals surface area contributed by atoms with Crippen molar-refractivity contribution in [2.75, 3.05) is 0 Å². The summed E-state index contributed by atoms with van der Waals surface area (Å²) in [7, 11) is 0. The quantitative estimate of drug-likeness (QED) is 0.592. The van der Waals surface area contributed by atoms with Crippen LogP contribution in [0.4, 0.5) is 0 Å². The van der Waals surface area contributed by atoms with Gasteiger partial charge in [-0.25, -0.2) is 0 Å². The molecule has 0 fully saturated rings. The number of hydrogen-bond donors (Lipinski definition) is 0. The molecule has 2 aromatic rings. The average Bonchev–Trinajstić information content (AvgIpc) is 2.52. The van der Waals surface area contributed by atoms with Crippen LogP contribution >= 0.6 is 0 Å². The van der Waals surface area contributed by atoms with Gasteiger partial charge in [-0.2, -0.15) is 0 Å². The van der Waals surface area contributed by atoms with Crippen molar-refractivity contribution in [1.82, 2.24) is 0 Å². The Kier molecular flexibility index (Phi) is 10.0. The van der Waals surface area contributed by atoms with Gasteiger partial charge >= 0.3 is 0 Å². The maximum Gasteiger partial charge on any atom is 0.127 e. The molecule has 0 aliphatic heterocycles. The normalized spacial score (nSPS) is 9.14. The van der Waals surface area contributed by atoms with Crippen LogP contribution in [0.2, 0.25) is 0 Å². The van der Waals surface area contributed by atoms with Gasteiger partial charge in [0.2, 0.25) is 0 Å². The van der Waals surface area contributed by atoms with Crippen LogP contribution in [0.25, 0.3) is 0 Å². The van der Waals surface area contributed by atoms with Gasteiger partial charge in [0.25, 0.3) is 0 Å². The summed E-state index contributed by atoms with van der Waals surface area (Å²) in [6.45, 7) is 14.4. The lowest BCUT2D eigenvalue weighted by Gasteiger charge is -2.09. The van der Waals surface area contributed by atoms with Crippen molar-refractivity contribution >= 4 is 0 Å². The fraction of sp³-hybridized carbons (Fsp3) is 0.400. The summed E-state index contributed by atoms with van der Waals surface area (Å²) in [5.74, 6) is 2.34. The first-order chi connectivity index (χ1) is 10.1. The van der Waals surface area contributed by atoms with Crippen molar-refractivity contribution in [1.29, 1.82) is 0 Å². The zero-order valence-corrected chi connectivity index (χ0v) is 14.6. The van der Waals surface area contributed by atoms with Gasteiger partial charge in [0.1, 0.15) is 11.5 Å². The van der Waals surface area contributed by atoms with E-state index in [9.17, 15) is 0 Å². The molecule has 0 unspecified atom stereocenters. The Morgan fingerprint density at radius 1 is 0.762 bits per heavy atom. The summed E-state index contributed by atoms with van der Waals surface area (Å²) >= 11 is 0. The third-order valence-corrected chi connectivity index (χ3v) is 2.77. The van der Waals surface area contributed by atoms with Crippen molar-refractivity contribution in [3.05, 3.63) is 59.7 Å². The van der Waals surface area contributed by atoms with Crippen LogP contribution in [0.1, 0.15) is 58.6 Å². The lowest BCUT2D eigenvalue weighted by atomic mass is 10.0. The third kappa shape index (κ3) is 6.99. The Hall–Kier alpha value is -1.76. The molecule has 0 atom stereocenters. The predicted molar refractivity (Wildman–Crippen MR) is 94.5 cm³/mol. The Morgan fingerprint density at radius 2 is 1.33 bits per heavy atom. The Labute approximate surface area is 131 Å². The van der Waals surface area contributed by atoms with Gasteiger partial charge in [-0.3, -0.25) is 0 Å². The minimum absolute atomic E-state index is 0.558. The first kappa shape index (κ1) is 19.2. The standard InChI is InChI=1S/C16H18O.2C2H6/c1-12(2)14-7-9-15(10-8-14)17-16-6-4-5-13(3)11-16;2*1-2/h4-12H,1-3H3;2*1-2H3. The molecule has 0 radical (unpaired) electrons. The van der Waals surface area contributed by atoms with Gasteiger partial charge in [0.05, 0.1) is 0 Å². The second kappa shape index (κ2) is 11.0. The van der Waals surface area contributed by atoms with Crippen LogP contribution in [-0.4, -0.2) is 0 Å². The molecule has 1 heteroatoms. The van der Waals surface area contributed by atoms with Gasteiger partial charge in [-0.05, 0) is 48.2 Å². The fourth-order valence-corrected chi connectivity index (χ4v) is 1.74. The largest absolute Gasteiger partial charge is 0.457 e. The molecule has 0 amide bonds. The maximum atomic E-state index is 5.79. The molecule has 0 saturated heterocycles. The van der Waals surface area contributed by atoms with E-state index in [-0.39, 0.29) is 0 Å². The minimum Gasteiger partial charge on any atom is -0.457 e. The molecule has 0 spiro atoms. The molecular weight excluding hydrogens is 256 g/mol. The molecule has 116 valence electrons. The highest BCUT2D eigenvalue weighted by Crippen LogP contribution is 2.24. The smallest absolute Gasteiger partial charge is 0.127 e. The van der Waals surface area contributed by atoms with Crippen LogP contribution in [0, 0.1) is 6.92 Å². The minimum atomic E-state index is 0.558. The number of hydrogen-bond acceptors (Lipinski definition) is 1. The Balaban J connectivity index is 0.000000921. The topological polar surface area (TPSA) is 9.23 Å². The van der Waals surface area contributed by atoms with Gasteiger partial charge in [0, 0.05) is 0 Å². The van der Waals surface area contributed by atoms with Crippen LogP contribution < -0.4 is 4.74 Å². The van der Waals surface area contributed by atoms with Gasteiger partial charge < -0.3 is 4.74 Å². The third-order valence-electron chi connectivity index (χ3n) is 2.77. The fourth-order valence-electron chi connectivity index (χ4n) is 1.74. The molecule has 0 aliphatic rings.